The van der Waals surface area contributed by atoms with Crippen LogP contribution in [-0.2, 0) is 0 Å². The average Bonchev–Trinajstić information content (AvgIpc) is 2.70. The molecular weight excluding hydrogens is 228 g/mol. The highest BCUT2D eigenvalue weighted by Crippen LogP contribution is 2.27. The highest BCUT2D eigenvalue weighted by atomic mass is 32.1. The van der Waals surface area contributed by atoms with Gasteiger partial charge in [0.2, 0.25) is 0 Å². The van der Waals surface area contributed by atoms with Gasteiger partial charge in [0.15, 0.2) is 0 Å². The van der Waals surface area contributed by atoms with E-state index in [4.69, 9.17) is 0 Å². The Morgan fingerprint density at radius 1 is 1.24 bits per heavy atom. The Hall–Kier alpha value is -1.09. The first-order valence-electron chi connectivity index (χ1n) is 6.45. The Bertz CT molecular complexity index is 512. The summed E-state index contributed by atoms with van der Waals surface area (Å²) in [5.74, 6) is 0. The van der Waals surface area contributed by atoms with Gasteiger partial charge in [-0.05, 0) is 38.0 Å². The van der Waals surface area contributed by atoms with E-state index < -0.39 is 0 Å². The Kier molecular flexibility index (Phi) is 3.02. The molecule has 1 heterocycles. The van der Waals surface area contributed by atoms with Crippen LogP contribution in [0.15, 0.2) is 18.2 Å². The van der Waals surface area contributed by atoms with Gasteiger partial charge in [-0.15, -0.1) is 11.3 Å². The number of hydrogen-bond donors (Lipinski definition) is 1. The van der Waals surface area contributed by atoms with E-state index in [0.717, 1.165) is 10.5 Å². The summed E-state index contributed by atoms with van der Waals surface area (Å²) in [6.45, 7) is 2.07. The molecule has 1 N–H and O–H groups in total. The molecule has 0 bridgehead atoms. The minimum atomic E-state index is 0.676. The van der Waals surface area contributed by atoms with Crippen LogP contribution < -0.4 is 5.32 Å². The molecule has 1 aromatic heterocycles. The van der Waals surface area contributed by atoms with Crippen molar-refractivity contribution in [3.8, 4) is 0 Å². The monoisotopic (exact) mass is 246 g/mol. The van der Waals surface area contributed by atoms with Crippen LogP contribution in [0.3, 0.4) is 0 Å². The third kappa shape index (κ3) is 2.44. The van der Waals surface area contributed by atoms with Crippen LogP contribution in [0.2, 0.25) is 0 Å². The number of aryl methyl sites for hydroxylation is 1. The van der Waals surface area contributed by atoms with E-state index in [1.54, 1.807) is 11.3 Å². The number of nitrogens with zero attached hydrogens (tertiary/aromatic N) is 1. The fourth-order valence-electron chi connectivity index (χ4n) is 2.61. The molecule has 0 spiro atoms. The van der Waals surface area contributed by atoms with Crippen molar-refractivity contribution in [2.45, 2.75) is 45.1 Å². The highest BCUT2D eigenvalue weighted by molar-refractivity contribution is 7.18. The lowest BCUT2D eigenvalue weighted by molar-refractivity contribution is 0.463. The van der Waals surface area contributed by atoms with Gasteiger partial charge in [0.25, 0.3) is 0 Å². The van der Waals surface area contributed by atoms with Gasteiger partial charge in [0, 0.05) is 11.7 Å². The van der Waals surface area contributed by atoms with Gasteiger partial charge < -0.3 is 5.32 Å². The molecule has 90 valence electrons. The topological polar surface area (TPSA) is 24.9 Å². The minimum absolute atomic E-state index is 0.676. The Morgan fingerprint density at radius 3 is 2.88 bits per heavy atom. The van der Waals surface area contributed by atoms with Crippen molar-refractivity contribution in [1.82, 2.24) is 4.98 Å². The summed E-state index contributed by atoms with van der Waals surface area (Å²) in [7, 11) is 0. The summed E-state index contributed by atoms with van der Waals surface area (Å²) in [5.41, 5.74) is 2.38. The Balaban J connectivity index is 1.79. The molecule has 1 aliphatic carbocycles. The van der Waals surface area contributed by atoms with Gasteiger partial charge >= 0.3 is 0 Å². The second-order valence-corrected chi connectivity index (χ2v) is 6.13. The normalized spacial score (nSPS) is 17.5. The molecule has 0 aliphatic heterocycles. The van der Waals surface area contributed by atoms with E-state index in [1.165, 1.54) is 42.5 Å². The number of hydrogen-bond acceptors (Lipinski definition) is 3. The van der Waals surface area contributed by atoms with Gasteiger partial charge in [-0.3, -0.25) is 0 Å². The molecule has 1 fully saturated rings. The van der Waals surface area contributed by atoms with Crippen molar-refractivity contribution in [3.05, 3.63) is 23.2 Å². The maximum Gasteiger partial charge on any atom is 0.0907 e. The summed E-state index contributed by atoms with van der Waals surface area (Å²) in [5, 5.41) is 4.81. The highest BCUT2D eigenvalue weighted by Gasteiger charge is 2.13. The number of benzene rings is 1. The standard InChI is InChI=1S/C14H18N2S/c1-10-15-13-8-7-12(9-14(13)17-10)16-11-5-3-2-4-6-11/h7-9,11,16H,2-6H2,1H3. The smallest absolute Gasteiger partial charge is 0.0907 e. The first-order chi connectivity index (χ1) is 8.31. The van der Waals surface area contributed by atoms with Crippen molar-refractivity contribution in [1.29, 1.82) is 0 Å². The third-order valence-corrected chi connectivity index (χ3v) is 4.40. The van der Waals surface area contributed by atoms with E-state index in [1.807, 2.05) is 0 Å². The summed E-state index contributed by atoms with van der Waals surface area (Å²) in [6, 6.07) is 7.21. The lowest BCUT2D eigenvalue weighted by atomic mass is 9.95. The number of nitrogens with one attached hydrogen (secondary N) is 1. The SMILES string of the molecule is Cc1nc2ccc(NC3CCCCC3)cc2s1. The fourth-order valence-corrected chi connectivity index (χ4v) is 3.48. The molecule has 0 unspecified atom stereocenters. The molecule has 2 nitrogen and oxygen atoms in total. The van der Waals surface area contributed by atoms with Crippen LogP contribution in [0.5, 0.6) is 0 Å². The van der Waals surface area contributed by atoms with Crippen LogP contribution in [0.4, 0.5) is 5.69 Å². The van der Waals surface area contributed by atoms with Crippen LogP contribution in [0.25, 0.3) is 10.2 Å². The second kappa shape index (κ2) is 4.65. The van der Waals surface area contributed by atoms with Crippen LogP contribution >= 0.6 is 11.3 Å². The van der Waals surface area contributed by atoms with E-state index in [0.29, 0.717) is 6.04 Å². The minimum Gasteiger partial charge on any atom is -0.382 e. The quantitative estimate of drug-likeness (QED) is 0.852. The number of aromatic nitrogens is 1. The van der Waals surface area contributed by atoms with Gasteiger partial charge in [-0.2, -0.15) is 0 Å². The maximum atomic E-state index is 4.49. The van der Waals surface area contributed by atoms with Crippen molar-refractivity contribution in [2.24, 2.45) is 0 Å². The summed E-state index contributed by atoms with van der Waals surface area (Å²) in [4.78, 5) is 4.49. The Labute approximate surface area is 106 Å². The average molecular weight is 246 g/mol. The van der Waals surface area contributed by atoms with Gasteiger partial charge in [0.05, 0.1) is 15.2 Å². The summed E-state index contributed by atoms with van der Waals surface area (Å²) < 4.78 is 1.29. The zero-order valence-corrected chi connectivity index (χ0v) is 11.0. The number of thiazole rings is 1. The van der Waals surface area contributed by atoms with E-state index in [9.17, 15) is 0 Å². The molecule has 0 radical (unpaired) electrons. The first-order valence-corrected chi connectivity index (χ1v) is 7.27. The number of rotatable bonds is 2. The maximum absolute atomic E-state index is 4.49. The van der Waals surface area contributed by atoms with E-state index in [-0.39, 0.29) is 0 Å². The summed E-state index contributed by atoms with van der Waals surface area (Å²) in [6.07, 6.45) is 6.80. The lowest BCUT2D eigenvalue weighted by Gasteiger charge is -2.23. The van der Waals surface area contributed by atoms with E-state index >= 15 is 0 Å². The van der Waals surface area contributed by atoms with Crippen molar-refractivity contribution in [3.63, 3.8) is 0 Å². The predicted octanol–water partition coefficient (Wildman–Crippen LogP) is 4.35. The first kappa shape index (κ1) is 11.0. The largest absolute Gasteiger partial charge is 0.382 e. The molecular formula is C14H18N2S. The fraction of sp³-hybridized carbons (Fsp3) is 0.500. The van der Waals surface area contributed by atoms with Crippen molar-refractivity contribution in [2.75, 3.05) is 5.32 Å². The molecule has 0 atom stereocenters. The van der Waals surface area contributed by atoms with Crippen LogP contribution in [0.1, 0.15) is 37.1 Å². The molecule has 2 aromatic rings. The van der Waals surface area contributed by atoms with E-state index in [2.05, 4.69) is 35.4 Å². The van der Waals surface area contributed by atoms with Crippen molar-refractivity contribution >= 4 is 27.2 Å². The van der Waals surface area contributed by atoms with Crippen LogP contribution in [-0.4, -0.2) is 11.0 Å². The number of fused-ring (bicyclic) bond motifs is 1. The van der Waals surface area contributed by atoms with Crippen molar-refractivity contribution < 1.29 is 0 Å². The third-order valence-electron chi connectivity index (χ3n) is 3.47. The molecule has 1 saturated carbocycles. The molecule has 1 aliphatic rings. The van der Waals surface area contributed by atoms with Gasteiger partial charge in [-0.25, -0.2) is 4.98 Å². The zero-order valence-electron chi connectivity index (χ0n) is 10.2. The Morgan fingerprint density at radius 2 is 2.06 bits per heavy atom. The molecule has 1 aromatic carbocycles. The van der Waals surface area contributed by atoms with Gasteiger partial charge in [0.1, 0.15) is 0 Å². The molecule has 0 saturated heterocycles. The predicted molar refractivity (Wildman–Crippen MR) is 74.9 cm³/mol. The summed E-state index contributed by atoms with van der Waals surface area (Å²) >= 11 is 1.78. The molecule has 0 amide bonds. The number of anilines is 1. The van der Waals surface area contributed by atoms with Crippen LogP contribution in [0, 0.1) is 6.92 Å². The molecule has 3 heteroatoms. The lowest BCUT2D eigenvalue weighted by Crippen LogP contribution is -2.21. The molecule has 3 rings (SSSR count). The molecule has 17 heavy (non-hydrogen) atoms. The second-order valence-electron chi connectivity index (χ2n) is 4.89. The zero-order chi connectivity index (χ0) is 11.7. The van der Waals surface area contributed by atoms with Gasteiger partial charge in [-0.1, -0.05) is 19.3 Å².